The maximum atomic E-state index is 7.11. The molecule has 2 aliphatic heterocycles. The van der Waals surface area contributed by atoms with Crippen LogP contribution < -0.4 is 19.9 Å². The van der Waals surface area contributed by atoms with Gasteiger partial charge in [-0.05, 0) is 86.6 Å². The van der Waals surface area contributed by atoms with Crippen molar-refractivity contribution in [3.8, 4) is 5.75 Å². The van der Waals surface area contributed by atoms with Crippen molar-refractivity contribution in [2.45, 2.75) is 38.4 Å². The molecule has 1 saturated heterocycles. The Morgan fingerprint density at radius 1 is 1.08 bits per heavy atom. The van der Waals surface area contributed by atoms with Crippen LogP contribution in [0.3, 0.4) is 0 Å². The van der Waals surface area contributed by atoms with Crippen molar-refractivity contribution in [1.29, 1.82) is 0 Å². The van der Waals surface area contributed by atoms with Gasteiger partial charge in [0.15, 0.2) is 5.11 Å². The SMILES string of the molecule is COCCOc1ccc(N2C(=S)N[C@@H](c3ccccn3)[C@H]2c2cc3c(cc2Cl)N(C)C(C)(C)C=C3C)cc1Cl. The smallest absolute Gasteiger partial charge is 0.174 e. The van der Waals surface area contributed by atoms with Gasteiger partial charge in [-0.3, -0.25) is 4.98 Å². The minimum atomic E-state index is -0.269. The van der Waals surface area contributed by atoms with Gasteiger partial charge in [0.05, 0.1) is 34.9 Å². The number of pyridine rings is 1. The number of methoxy groups -OCH3 is 1. The molecule has 3 aromatic rings. The third kappa shape index (κ3) is 5.21. The Bertz CT molecular complexity index is 1430. The molecule has 0 saturated carbocycles. The topological polar surface area (TPSA) is 49.9 Å². The molecule has 1 N–H and O–H groups in total. The van der Waals surface area contributed by atoms with E-state index in [4.69, 9.17) is 44.9 Å². The second-order valence-corrected chi connectivity index (χ2v) is 11.6. The lowest BCUT2D eigenvalue weighted by Gasteiger charge is -2.41. The summed E-state index contributed by atoms with van der Waals surface area (Å²) in [5.41, 5.74) is 6.00. The molecule has 9 heteroatoms. The van der Waals surface area contributed by atoms with Gasteiger partial charge in [-0.25, -0.2) is 0 Å². The molecule has 5 rings (SSSR count). The van der Waals surface area contributed by atoms with Crippen LogP contribution in [-0.2, 0) is 4.74 Å². The quantitative estimate of drug-likeness (QED) is 0.233. The summed E-state index contributed by atoms with van der Waals surface area (Å²) in [6.07, 6.45) is 4.09. The average Bonchev–Trinajstić information content (AvgIpc) is 3.25. The van der Waals surface area contributed by atoms with E-state index in [0.717, 1.165) is 28.2 Å². The Kier molecular flexibility index (Phi) is 7.80. The number of fused-ring (bicyclic) bond motifs is 1. The van der Waals surface area contributed by atoms with Gasteiger partial charge in [0.2, 0.25) is 0 Å². The van der Waals surface area contributed by atoms with Crippen LogP contribution in [0.2, 0.25) is 10.0 Å². The normalized spacial score (nSPS) is 20.0. The molecule has 2 aliphatic rings. The van der Waals surface area contributed by atoms with Crippen molar-refractivity contribution in [2.24, 2.45) is 0 Å². The maximum Gasteiger partial charge on any atom is 0.174 e. The molecule has 0 aliphatic carbocycles. The molecule has 3 heterocycles. The highest BCUT2D eigenvalue weighted by molar-refractivity contribution is 7.80. The minimum Gasteiger partial charge on any atom is -0.490 e. The second kappa shape index (κ2) is 11.0. The van der Waals surface area contributed by atoms with Crippen molar-refractivity contribution in [1.82, 2.24) is 10.3 Å². The molecule has 2 atom stereocenters. The summed E-state index contributed by atoms with van der Waals surface area (Å²) in [5, 5.41) is 5.23. The lowest BCUT2D eigenvalue weighted by molar-refractivity contribution is 0.146. The Morgan fingerprint density at radius 3 is 2.56 bits per heavy atom. The van der Waals surface area contributed by atoms with Crippen molar-refractivity contribution >= 4 is 57.5 Å². The van der Waals surface area contributed by atoms with Gasteiger partial charge in [-0.1, -0.05) is 35.3 Å². The summed E-state index contributed by atoms with van der Waals surface area (Å²) in [6.45, 7) is 7.44. The molecule has 0 spiro atoms. The zero-order valence-corrected chi connectivity index (χ0v) is 25.0. The lowest BCUT2D eigenvalue weighted by Crippen LogP contribution is -2.42. The van der Waals surface area contributed by atoms with Gasteiger partial charge in [0.1, 0.15) is 12.4 Å². The van der Waals surface area contributed by atoms with E-state index in [9.17, 15) is 0 Å². The molecule has 0 amide bonds. The first kappa shape index (κ1) is 27.7. The van der Waals surface area contributed by atoms with Crippen LogP contribution >= 0.6 is 35.4 Å². The van der Waals surface area contributed by atoms with E-state index >= 15 is 0 Å². The van der Waals surface area contributed by atoms with E-state index in [0.29, 0.717) is 34.1 Å². The van der Waals surface area contributed by atoms with E-state index < -0.39 is 0 Å². The van der Waals surface area contributed by atoms with Crippen molar-refractivity contribution in [2.75, 3.05) is 37.2 Å². The van der Waals surface area contributed by atoms with E-state index in [1.165, 1.54) is 5.57 Å². The van der Waals surface area contributed by atoms with Crippen LogP contribution in [0.4, 0.5) is 11.4 Å². The number of hydrogen-bond acceptors (Lipinski definition) is 5. The van der Waals surface area contributed by atoms with Gasteiger partial charge in [-0.15, -0.1) is 0 Å². The third-order valence-electron chi connectivity index (χ3n) is 7.49. The fraction of sp³-hybridized carbons (Fsp3) is 0.333. The Labute approximate surface area is 245 Å². The summed E-state index contributed by atoms with van der Waals surface area (Å²) in [5.74, 6) is 0.589. The number of nitrogens with one attached hydrogen (secondary N) is 1. The molecule has 1 aromatic heterocycles. The number of benzene rings is 2. The van der Waals surface area contributed by atoms with Gasteiger partial charge < -0.3 is 24.6 Å². The first-order valence-corrected chi connectivity index (χ1v) is 14.0. The number of halogens is 2. The molecule has 0 bridgehead atoms. The predicted octanol–water partition coefficient (Wildman–Crippen LogP) is 7.22. The van der Waals surface area contributed by atoms with Gasteiger partial charge >= 0.3 is 0 Å². The van der Waals surface area contributed by atoms with Crippen LogP contribution in [0.25, 0.3) is 5.57 Å². The molecule has 39 heavy (non-hydrogen) atoms. The third-order valence-corrected chi connectivity index (χ3v) is 8.43. The highest BCUT2D eigenvalue weighted by Gasteiger charge is 2.42. The summed E-state index contributed by atoms with van der Waals surface area (Å²) in [7, 11) is 3.74. The predicted molar refractivity (Wildman–Crippen MR) is 164 cm³/mol. The van der Waals surface area contributed by atoms with Crippen LogP contribution in [0, 0.1) is 0 Å². The number of nitrogens with zero attached hydrogens (tertiary/aromatic N) is 3. The van der Waals surface area contributed by atoms with Crippen LogP contribution in [0.5, 0.6) is 5.75 Å². The average molecular weight is 584 g/mol. The molecule has 0 radical (unpaired) electrons. The van der Waals surface area contributed by atoms with Crippen LogP contribution in [-0.4, -0.2) is 43.0 Å². The molecular weight excluding hydrogens is 551 g/mol. The number of hydrogen-bond donors (Lipinski definition) is 1. The molecule has 6 nitrogen and oxygen atoms in total. The number of ether oxygens (including phenoxy) is 2. The Balaban J connectivity index is 1.63. The minimum absolute atomic E-state index is 0.120. The van der Waals surface area contributed by atoms with E-state index in [2.05, 4.69) is 66.1 Å². The number of aromatic nitrogens is 1. The zero-order valence-electron chi connectivity index (χ0n) is 22.7. The van der Waals surface area contributed by atoms with Gasteiger partial charge in [-0.2, -0.15) is 0 Å². The van der Waals surface area contributed by atoms with E-state index in [1.54, 1.807) is 13.3 Å². The molecule has 0 unspecified atom stereocenters. The summed E-state index contributed by atoms with van der Waals surface area (Å²) in [6, 6.07) is 15.4. The lowest BCUT2D eigenvalue weighted by atomic mass is 9.86. The molecule has 1 fully saturated rings. The number of rotatable bonds is 7. The maximum absolute atomic E-state index is 7.11. The van der Waals surface area contributed by atoms with E-state index in [1.807, 2.05) is 36.4 Å². The Hall–Kier alpha value is -2.84. The zero-order chi connectivity index (χ0) is 27.9. The first-order chi connectivity index (χ1) is 18.6. The fourth-order valence-corrected chi connectivity index (χ4v) is 6.20. The summed E-state index contributed by atoms with van der Waals surface area (Å²) >= 11 is 19.7. The van der Waals surface area contributed by atoms with Gasteiger partial charge in [0.25, 0.3) is 0 Å². The van der Waals surface area contributed by atoms with Crippen LogP contribution in [0.15, 0.2) is 60.8 Å². The first-order valence-electron chi connectivity index (χ1n) is 12.8. The Morgan fingerprint density at radius 2 is 1.87 bits per heavy atom. The summed E-state index contributed by atoms with van der Waals surface area (Å²) < 4.78 is 10.9. The molecule has 2 aromatic carbocycles. The number of thiocarbonyl (C=S) groups is 1. The molecular formula is C30H32Cl2N4O2S. The highest BCUT2D eigenvalue weighted by Crippen LogP contribution is 2.48. The monoisotopic (exact) mass is 582 g/mol. The van der Waals surface area contributed by atoms with Crippen molar-refractivity contribution in [3.63, 3.8) is 0 Å². The summed E-state index contributed by atoms with van der Waals surface area (Å²) in [4.78, 5) is 9.00. The van der Waals surface area contributed by atoms with Crippen molar-refractivity contribution < 1.29 is 9.47 Å². The van der Waals surface area contributed by atoms with Crippen molar-refractivity contribution in [3.05, 3.63) is 87.7 Å². The van der Waals surface area contributed by atoms with Gasteiger partial charge in [0, 0.05) is 42.3 Å². The highest BCUT2D eigenvalue weighted by atomic mass is 35.5. The number of allylic oxidation sites excluding steroid dienone is 1. The standard InChI is InChI=1S/C30H32Cl2N4O2S/c1-18-17-30(2,3)35(4)25-16-22(31)21(15-20(18)25)28-27(24-8-6-7-11-33-24)34-29(39)36(28)19-9-10-26(23(32)14-19)38-13-12-37-5/h6-11,14-17,27-28H,12-13H2,1-5H3,(H,34,39)/t27-,28+/m0/s1. The number of likely N-dealkylation sites (N-methyl/N-ethyl adjacent to an activating group) is 1. The number of anilines is 2. The van der Waals surface area contributed by atoms with E-state index in [-0.39, 0.29) is 17.6 Å². The molecule has 204 valence electrons. The fourth-order valence-electron chi connectivity index (χ4n) is 5.36. The second-order valence-electron chi connectivity index (χ2n) is 10.4. The largest absolute Gasteiger partial charge is 0.490 e. The van der Waals surface area contributed by atoms with Crippen LogP contribution in [0.1, 0.15) is 49.7 Å².